The summed E-state index contributed by atoms with van der Waals surface area (Å²) in [7, 11) is -5.87. The minimum absolute atomic E-state index is 0.00511. The third kappa shape index (κ3) is 6.89. The second-order valence-electron chi connectivity index (χ2n) is 10.8. The first-order valence-electron chi connectivity index (χ1n) is 13.9. The van der Waals surface area contributed by atoms with Crippen molar-refractivity contribution in [3.8, 4) is 16.2 Å². The lowest BCUT2D eigenvalue weighted by Crippen LogP contribution is -2.47. The van der Waals surface area contributed by atoms with Crippen molar-refractivity contribution in [2.45, 2.75) is 53.7 Å². The number of aliphatic hydroxyl groups is 1. The predicted octanol–water partition coefficient (Wildman–Crippen LogP) is 2.97. The number of thiophene rings is 1. The van der Waals surface area contributed by atoms with E-state index in [1.165, 1.54) is 19.2 Å². The van der Waals surface area contributed by atoms with E-state index in [0.29, 0.717) is 43.2 Å². The third-order valence-corrected chi connectivity index (χ3v) is 12.3. The Morgan fingerprint density at radius 1 is 1.10 bits per heavy atom. The molecule has 2 atom stereocenters. The fourth-order valence-corrected chi connectivity index (χ4v) is 8.65. The van der Waals surface area contributed by atoms with E-state index in [1.807, 2.05) is 24.4 Å². The van der Waals surface area contributed by atoms with Crippen LogP contribution < -0.4 is 14.8 Å². The van der Waals surface area contributed by atoms with E-state index in [2.05, 4.69) is 10.0 Å². The number of hydrogen-bond donors (Lipinski definition) is 3. The molecule has 2 fully saturated rings. The molecule has 1 spiro atoms. The molecule has 1 aromatic heterocycles. The molecule has 1 unspecified atom stereocenters. The van der Waals surface area contributed by atoms with Crippen LogP contribution in [0.3, 0.4) is 0 Å². The van der Waals surface area contributed by atoms with Crippen LogP contribution in [0.15, 0.2) is 69.8 Å². The summed E-state index contributed by atoms with van der Waals surface area (Å²) in [5.41, 5.74) is 1.65. The fraction of sp³-hybridized carbons (Fsp3) is 0.448. The fourth-order valence-electron chi connectivity index (χ4n) is 5.48. The smallest absolute Gasteiger partial charge is 0.243 e. The molecule has 0 aliphatic carbocycles. The van der Waals surface area contributed by atoms with Crippen molar-refractivity contribution in [2.24, 2.45) is 0 Å². The van der Waals surface area contributed by atoms with E-state index < -0.39 is 26.2 Å². The molecule has 0 radical (unpaired) electrons. The summed E-state index contributed by atoms with van der Waals surface area (Å²) < 4.78 is 66.6. The Hall–Kier alpha value is -2.36. The maximum absolute atomic E-state index is 13.5. The second-order valence-corrected chi connectivity index (χ2v) is 15.6. The maximum atomic E-state index is 13.5. The van der Waals surface area contributed by atoms with Crippen molar-refractivity contribution in [3.63, 3.8) is 0 Å². The van der Waals surface area contributed by atoms with E-state index in [-0.39, 0.29) is 29.7 Å². The minimum atomic E-state index is -3.63. The number of nitrogens with zero attached hydrogens (tertiary/aromatic N) is 1. The van der Waals surface area contributed by atoms with E-state index >= 15 is 0 Å². The average molecular weight is 636 g/mol. The van der Waals surface area contributed by atoms with Gasteiger partial charge in [-0.2, -0.15) is 4.31 Å². The third-order valence-electron chi connectivity index (χ3n) is 7.91. The van der Waals surface area contributed by atoms with Crippen LogP contribution >= 0.6 is 11.3 Å². The van der Waals surface area contributed by atoms with Crippen LogP contribution in [0.4, 0.5) is 0 Å². The summed E-state index contributed by atoms with van der Waals surface area (Å²) in [6, 6.07) is 15.3. The molecule has 3 N–H and O–H groups in total. The highest BCUT2D eigenvalue weighted by molar-refractivity contribution is 7.89. The molecule has 3 aromatic rings. The summed E-state index contributed by atoms with van der Waals surface area (Å²) in [5, 5.41) is 15.8. The Kier molecular flexibility index (Phi) is 9.40. The number of rotatable bonds is 11. The van der Waals surface area contributed by atoms with Gasteiger partial charge in [-0.15, -0.1) is 11.3 Å². The van der Waals surface area contributed by atoms with Crippen LogP contribution in [0.2, 0.25) is 0 Å². The van der Waals surface area contributed by atoms with Crippen molar-refractivity contribution in [1.29, 1.82) is 0 Å². The minimum Gasteiger partial charge on any atom is -0.491 e. The normalized spacial score (nSPS) is 20.1. The number of aliphatic hydroxyl groups excluding tert-OH is 1. The first-order valence-corrected chi connectivity index (χ1v) is 17.7. The molecule has 2 aliphatic heterocycles. The van der Waals surface area contributed by atoms with Gasteiger partial charge in [0, 0.05) is 36.6 Å². The molecule has 0 amide bonds. The van der Waals surface area contributed by atoms with Gasteiger partial charge in [-0.3, -0.25) is 0 Å². The van der Waals surface area contributed by atoms with E-state index in [1.54, 1.807) is 46.0 Å². The monoisotopic (exact) mass is 635 g/mol. The first kappa shape index (κ1) is 31.1. The highest BCUT2D eigenvalue weighted by Gasteiger charge is 2.44. The number of hydrogen-bond acceptors (Lipinski definition) is 9. The summed E-state index contributed by atoms with van der Waals surface area (Å²) in [5.74, 6) is 0.351. The summed E-state index contributed by atoms with van der Waals surface area (Å²) in [6.07, 6.45) is 1.12. The maximum Gasteiger partial charge on any atom is 0.243 e. The molecule has 0 bridgehead atoms. The van der Waals surface area contributed by atoms with Gasteiger partial charge in [0.05, 0.1) is 22.0 Å². The van der Waals surface area contributed by atoms with E-state index in [0.717, 1.165) is 22.4 Å². The SMILES string of the molecule is CNS(=O)(=O)c1cccc(OC[C@@H](O)CNC2COC3(CCN(S(=O)(=O)c4cccc(-c5sccc5C)c4)CC3)C2)c1. The molecular weight excluding hydrogens is 599 g/mol. The molecule has 13 heteroatoms. The molecule has 10 nitrogen and oxygen atoms in total. The zero-order chi connectivity index (χ0) is 30.0. The predicted molar refractivity (Wildman–Crippen MR) is 162 cm³/mol. The highest BCUT2D eigenvalue weighted by Crippen LogP contribution is 2.38. The number of ether oxygens (including phenoxy) is 2. The van der Waals surface area contributed by atoms with Crippen molar-refractivity contribution in [1.82, 2.24) is 14.3 Å². The molecule has 0 saturated carbocycles. The van der Waals surface area contributed by atoms with Crippen LogP contribution in [-0.4, -0.2) is 83.9 Å². The lowest BCUT2D eigenvalue weighted by molar-refractivity contribution is -0.0312. The number of sulfonamides is 2. The van der Waals surface area contributed by atoms with Gasteiger partial charge < -0.3 is 19.9 Å². The first-order chi connectivity index (χ1) is 20.0. The number of benzene rings is 2. The largest absolute Gasteiger partial charge is 0.491 e. The Morgan fingerprint density at radius 3 is 2.55 bits per heavy atom. The van der Waals surface area contributed by atoms with E-state index in [4.69, 9.17) is 9.47 Å². The van der Waals surface area contributed by atoms with E-state index in [9.17, 15) is 21.9 Å². The van der Waals surface area contributed by atoms with Gasteiger partial charge in [0.15, 0.2) is 0 Å². The zero-order valence-corrected chi connectivity index (χ0v) is 26.1. The summed E-state index contributed by atoms with van der Waals surface area (Å²) in [4.78, 5) is 1.47. The van der Waals surface area contributed by atoms with Crippen LogP contribution in [0, 0.1) is 6.92 Å². The summed E-state index contributed by atoms with van der Waals surface area (Å²) in [6.45, 7) is 3.55. The van der Waals surface area contributed by atoms with Crippen molar-refractivity contribution in [2.75, 3.05) is 39.9 Å². The van der Waals surface area contributed by atoms with Crippen molar-refractivity contribution in [3.05, 3.63) is 65.5 Å². The number of piperidine rings is 1. The van der Waals surface area contributed by atoms with Gasteiger partial charge in [0.25, 0.3) is 0 Å². The van der Waals surface area contributed by atoms with Crippen LogP contribution in [0.1, 0.15) is 24.8 Å². The van der Waals surface area contributed by atoms with Gasteiger partial charge >= 0.3 is 0 Å². The quantitative estimate of drug-likeness (QED) is 0.293. The molecule has 2 aromatic carbocycles. The Labute approximate surface area is 251 Å². The van der Waals surface area contributed by atoms with Gasteiger partial charge in [-0.1, -0.05) is 18.2 Å². The molecule has 5 rings (SSSR count). The standard InChI is InChI=1S/C29H37N3O7S3/c1-21-9-14-40-28(21)22-5-3-8-27(15-22)42(36,37)32-12-10-29(11-13-32)17-23(19-39-29)31-18-24(33)20-38-25-6-4-7-26(16-25)41(34,35)30-2/h3-9,14-16,23-24,30-31,33H,10-13,17-20H2,1-2H3/t23?,24-/m0/s1. The molecule has 2 aliphatic rings. The van der Waals surface area contributed by atoms with Gasteiger partial charge in [-0.05, 0) is 80.1 Å². The van der Waals surface area contributed by atoms with Crippen molar-refractivity contribution < 1.29 is 31.4 Å². The molecule has 42 heavy (non-hydrogen) atoms. The lowest BCUT2D eigenvalue weighted by Gasteiger charge is -2.38. The Morgan fingerprint density at radius 2 is 1.83 bits per heavy atom. The number of aryl methyl sites for hydroxylation is 1. The molecule has 2 saturated heterocycles. The van der Waals surface area contributed by atoms with Gasteiger partial charge in [0.2, 0.25) is 20.0 Å². The van der Waals surface area contributed by atoms with Crippen LogP contribution in [0.5, 0.6) is 5.75 Å². The van der Waals surface area contributed by atoms with Gasteiger partial charge in [0.1, 0.15) is 18.5 Å². The average Bonchev–Trinajstić information content (AvgIpc) is 3.61. The number of nitrogens with one attached hydrogen (secondary N) is 2. The highest BCUT2D eigenvalue weighted by atomic mass is 32.2. The van der Waals surface area contributed by atoms with Crippen LogP contribution in [0.25, 0.3) is 10.4 Å². The molecule has 3 heterocycles. The molecular formula is C29H37N3O7S3. The topological polar surface area (TPSA) is 134 Å². The Balaban J connectivity index is 1.10. The molecule has 228 valence electrons. The van der Waals surface area contributed by atoms with Gasteiger partial charge in [-0.25, -0.2) is 21.6 Å². The van der Waals surface area contributed by atoms with Crippen LogP contribution in [-0.2, 0) is 24.8 Å². The lowest BCUT2D eigenvalue weighted by atomic mass is 9.88. The second kappa shape index (κ2) is 12.7. The zero-order valence-electron chi connectivity index (χ0n) is 23.7. The Bertz CT molecular complexity index is 1600. The van der Waals surface area contributed by atoms with Crippen molar-refractivity contribution >= 4 is 31.4 Å². The summed E-state index contributed by atoms with van der Waals surface area (Å²) >= 11 is 1.60.